The molecule has 0 bridgehead atoms. The number of amides is 1. The van der Waals surface area contributed by atoms with Gasteiger partial charge in [0.25, 0.3) is 0 Å². The second-order valence-electron chi connectivity index (χ2n) is 6.19. The van der Waals surface area contributed by atoms with E-state index in [0.29, 0.717) is 18.9 Å². The molecule has 3 nitrogen and oxygen atoms in total. The van der Waals surface area contributed by atoms with E-state index < -0.39 is 6.10 Å². The summed E-state index contributed by atoms with van der Waals surface area (Å²) in [7, 11) is 0. The third-order valence-corrected chi connectivity index (χ3v) is 4.56. The van der Waals surface area contributed by atoms with E-state index in [9.17, 15) is 9.90 Å². The maximum Gasteiger partial charge on any atom is 0.222 e. The molecule has 21 heavy (non-hydrogen) atoms. The summed E-state index contributed by atoms with van der Waals surface area (Å²) >= 11 is 0. The number of carbonyl (C=O) groups excluding carboxylic acids is 1. The molecule has 0 aliphatic carbocycles. The predicted molar refractivity (Wildman–Crippen MR) is 85.0 cm³/mol. The first kappa shape index (κ1) is 16.0. The molecule has 3 heteroatoms. The van der Waals surface area contributed by atoms with Gasteiger partial charge in [-0.25, -0.2) is 0 Å². The van der Waals surface area contributed by atoms with Gasteiger partial charge in [0.05, 0.1) is 12.6 Å². The number of carbonyl (C=O) groups is 1. The van der Waals surface area contributed by atoms with Crippen LogP contribution in [-0.4, -0.2) is 29.0 Å². The van der Waals surface area contributed by atoms with Gasteiger partial charge in [0, 0.05) is 13.0 Å². The van der Waals surface area contributed by atoms with E-state index in [4.69, 9.17) is 0 Å². The summed E-state index contributed by atoms with van der Waals surface area (Å²) in [4.78, 5) is 14.1. The second-order valence-corrected chi connectivity index (χ2v) is 6.19. The normalized spacial score (nSPS) is 21.2. The quantitative estimate of drug-likeness (QED) is 0.902. The lowest BCUT2D eigenvalue weighted by Gasteiger charge is -2.25. The van der Waals surface area contributed by atoms with Crippen LogP contribution < -0.4 is 0 Å². The third kappa shape index (κ3) is 4.31. The van der Waals surface area contributed by atoms with Gasteiger partial charge in [-0.05, 0) is 36.8 Å². The monoisotopic (exact) mass is 289 g/mol. The molecule has 1 aromatic rings. The van der Waals surface area contributed by atoms with Crippen LogP contribution in [0, 0.1) is 12.8 Å². The van der Waals surface area contributed by atoms with Gasteiger partial charge in [0.1, 0.15) is 0 Å². The molecular formula is C18H27NO2. The van der Waals surface area contributed by atoms with Crippen LogP contribution in [0.15, 0.2) is 24.3 Å². The Labute approximate surface area is 128 Å². The number of rotatable bonds is 5. The second kappa shape index (κ2) is 7.60. The highest BCUT2D eigenvalue weighted by molar-refractivity contribution is 5.76. The van der Waals surface area contributed by atoms with Crippen LogP contribution in [0.5, 0.6) is 0 Å². The lowest BCUT2D eigenvalue weighted by Crippen LogP contribution is -2.34. The number of aliphatic hydroxyl groups is 1. The largest absolute Gasteiger partial charge is 0.387 e. The van der Waals surface area contributed by atoms with E-state index in [1.165, 1.54) is 12.8 Å². The average Bonchev–Trinajstić information content (AvgIpc) is 2.64. The topological polar surface area (TPSA) is 40.5 Å². The van der Waals surface area contributed by atoms with Gasteiger partial charge in [-0.1, -0.05) is 44.0 Å². The van der Waals surface area contributed by atoms with Gasteiger partial charge in [0.15, 0.2) is 0 Å². The molecule has 1 aliphatic rings. The Morgan fingerprint density at radius 3 is 2.81 bits per heavy atom. The lowest BCUT2D eigenvalue weighted by atomic mass is 9.96. The molecular weight excluding hydrogens is 262 g/mol. The van der Waals surface area contributed by atoms with Crippen molar-refractivity contribution in [3.05, 3.63) is 35.4 Å². The number of hydrogen-bond acceptors (Lipinski definition) is 2. The Kier molecular flexibility index (Phi) is 5.80. The zero-order valence-corrected chi connectivity index (χ0v) is 13.2. The summed E-state index contributed by atoms with van der Waals surface area (Å²) in [6.45, 7) is 5.40. The molecule has 2 atom stereocenters. The first-order valence-electron chi connectivity index (χ1n) is 8.13. The van der Waals surface area contributed by atoms with Crippen LogP contribution in [0.1, 0.15) is 56.3 Å². The molecule has 2 rings (SSSR count). The van der Waals surface area contributed by atoms with Crippen LogP contribution >= 0.6 is 0 Å². The zero-order chi connectivity index (χ0) is 15.2. The molecule has 1 heterocycles. The highest BCUT2D eigenvalue weighted by Gasteiger charge is 2.24. The minimum atomic E-state index is -0.585. The van der Waals surface area contributed by atoms with Crippen molar-refractivity contribution < 1.29 is 9.90 Å². The Morgan fingerprint density at radius 2 is 2.10 bits per heavy atom. The fraction of sp³-hybridized carbons (Fsp3) is 0.611. The standard InChI is InChI=1S/C18H27NO2/c1-3-6-15-9-10-18(21)19(12-11-15)13-17(20)16-8-5-4-7-14(16)2/h4-5,7-8,15,17,20H,3,6,9-13H2,1-2H3. The molecule has 0 spiro atoms. The molecule has 2 unspecified atom stereocenters. The van der Waals surface area contributed by atoms with Crippen LogP contribution in [0.4, 0.5) is 0 Å². The third-order valence-electron chi connectivity index (χ3n) is 4.56. The van der Waals surface area contributed by atoms with Gasteiger partial charge < -0.3 is 10.0 Å². The van der Waals surface area contributed by atoms with Crippen molar-refractivity contribution in [3.63, 3.8) is 0 Å². The summed E-state index contributed by atoms with van der Waals surface area (Å²) in [5.41, 5.74) is 2.01. The first-order chi connectivity index (χ1) is 10.1. The number of hydrogen-bond donors (Lipinski definition) is 1. The van der Waals surface area contributed by atoms with E-state index in [1.807, 2.05) is 36.1 Å². The van der Waals surface area contributed by atoms with Gasteiger partial charge in [-0.2, -0.15) is 0 Å². The van der Waals surface area contributed by atoms with Gasteiger partial charge in [-0.15, -0.1) is 0 Å². The van der Waals surface area contributed by atoms with Crippen molar-refractivity contribution in [2.24, 2.45) is 5.92 Å². The van der Waals surface area contributed by atoms with Crippen molar-refractivity contribution >= 4 is 5.91 Å². The average molecular weight is 289 g/mol. The summed E-state index contributed by atoms with van der Waals surface area (Å²) in [6, 6.07) is 7.85. The highest BCUT2D eigenvalue weighted by Crippen LogP contribution is 2.25. The number of nitrogens with zero attached hydrogens (tertiary/aromatic N) is 1. The first-order valence-corrected chi connectivity index (χ1v) is 8.13. The fourth-order valence-corrected chi connectivity index (χ4v) is 3.25. The number of aliphatic hydroxyl groups excluding tert-OH is 1. The molecule has 1 aromatic carbocycles. The van der Waals surface area contributed by atoms with E-state index in [0.717, 1.165) is 30.5 Å². The smallest absolute Gasteiger partial charge is 0.222 e. The fourth-order valence-electron chi connectivity index (χ4n) is 3.25. The SMILES string of the molecule is CCCC1CCC(=O)N(CC(O)c2ccccc2C)CC1. The summed E-state index contributed by atoms with van der Waals surface area (Å²) in [6.07, 6.45) is 4.51. The summed E-state index contributed by atoms with van der Waals surface area (Å²) < 4.78 is 0. The maximum absolute atomic E-state index is 12.2. The van der Waals surface area contributed by atoms with Crippen LogP contribution in [0.25, 0.3) is 0 Å². The molecule has 1 aliphatic heterocycles. The van der Waals surface area contributed by atoms with Gasteiger partial charge in [0.2, 0.25) is 5.91 Å². The predicted octanol–water partition coefficient (Wildman–Crippen LogP) is 3.46. The Morgan fingerprint density at radius 1 is 1.33 bits per heavy atom. The van der Waals surface area contributed by atoms with Crippen LogP contribution in [0.2, 0.25) is 0 Å². The van der Waals surface area contributed by atoms with Crippen molar-refractivity contribution in [3.8, 4) is 0 Å². The molecule has 1 amide bonds. The van der Waals surface area contributed by atoms with Gasteiger partial charge >= 0.3 is 0 Å². The van der Waals surface area contributed by atoms with E-state index >= 15 is 0 Å². The maximum atomic E-state index is 12.2. The molecule has 0 saturated carbocycles. The Bertz CT molecular complexity index is 472. The van der Waals surface area contributed by atoms with Crippen molar-refractivity contribution in [2.75, 3.05) is 13.1 Å². The summed E-state index contributed by atoms with van der Waals surface area (Å²) in [5.74, 6) is 0.862. The minimum absolute atomic E-state index is 0.196. The van der Waals surface area contributed by atoms with Crippen molar-refractivity contribution in [2.45, 2.75) is 52.1 Å². The van der Waals surface area contributed by atoms with E-state index in [-0.39, 0.29) is 5.91 Å². The molecule has 0 radical (unpaired) electrons. The van der Waals surface area contributed by atoms with Gasteiger partial charge in [-0.3, -0.25) is 4.79 Å². The van der Waals surface area contributed by atoms with Crippen molar-refractivity contribution in [1.29, 1.82) is 0 Å². The number of aryl methyl sites for hydroxylation is 1. The number of β-amino-alcohol motifs (C(OH)–C–C–N with tert-alkyl or cyclic N) is 1. The summed E-state index contributed by atoms with van der Waals surface area (Å²) in [5, 5.41) is 10.4. The van der Waals surface area contributed by atoms with Crippen LogP contribution in [0.3, 0.4) is 0 Å². The number of likely N-dealkylation sites (tertiary alicyclic amines) is 1. The Balaban J connectivity index is 1.98. The molecule has 1 fully saturated rings. The number of benzene rings is 1. The lowest BCUT2D eigenvalue weighted by molar-refractivity contribution is -0.132. The van der Waals surface area contributed by atoms with Crippen molar-refractivity contribution in [1.82, 2.24) is 4.90 Å². The zero-order valence-electron chi connectivity index (χ0n) is 13.2. The minimum Gasteiger partial charge on any atom is -0.387 e. The molecule has 1 N–H and O–H groups in total. The van der Waals surface area contributed by atoms with E-state index in [2.05, 4.69) is 6.92 Å². The molecule has 116 valence electrons. The Hall–Kier alpha value is -1.35. The van der Waals surface area contributed by atoms with Crippen LogP contribution in [-0.2, 0) is 4.79 Å². The molecule has 0 aromatic heterocycles. The van der Waals surface area contributed by atoms with E-state index in [1.54, 1.807) is 0 Å². The molecule has 1 saturated heterocycles. The highest BCUT2D eigenvalue weighted by atomic mass is 16.3.